The number of carbonyl (C=O) groups is 1. The van der Waals surface area contributed by atoms with E-state index < -0.39 is 6.16 Å². The molecule has 0 saturated carbocycles. The summed E-state index contributed by atoms with van der Waals surface area (Å²) in [5.41, 5.74) is 3.25. The van der Waals surface area contributed by atoms with Crippen LogP contribution in [0.5, 0.6) is 5.75 Å². The Balaban J connectivity index is 1.94. The van der Waals surface area contributed by atoms with Gasteiger partial charge in [0, 0.05) is 30.3 Å². The molecule has 2 aromatic heterocycles. The van der Waals surface area contributed by atoms with Gasteiger partial charge in [0.25, 0.3) is 0 Å². The van der Waals surface area contributed by atoms with Crippen LogP contribution in [0.4, 0.5) is 9.18 Å². The molecular weight excluding hydrogens is 367 g/mol. The van der Waals surface area contributed by atoms with Gasteiger partial charge in [0.1, 0.15) is 5.82 Å². The zero-order valence-electron chi connectivity index (χ0n) is 14.6. The zero-order chi connectivity index (χ0) is 18.8. The third-order valence-corrected chi connectivity index (χ3v) is 5.34. The summed E-state index contributed by atoms with van der Waals surface area (Å²) in [6.45, 7) is 2.72. The number of thioether (sulfide) groups is 1. The van der Waals surface area contributed by atoms with Crippen molar-refractivity contribution in [2.24, 2.45) is 0 Å². The van der Waals surface area contributed by atoms with E-state index in [9.17, 15) is 9.18 Å². The molecule has 1 aliphatic heterocycles. The second-order valence-corrected chi connectivity index (χ2v) is 6.97. The van der Waals surface area contributed by atoms with E-state index in [1.165, 1.54) is 12.1 Å². The third kappa shape index (κ3) is 3.30. The first kappa shape index (κ1) is 17.6. The number of hydrogen-bond acceptors (Lipinski definition) is 5. The largest absolute Gasteiger partial charge is 0.513 e. The minimum Gasteiger partial charge on any atom is -0.434 e. The number of halogens is 1. The van der Waals surface area contributed by atoms with Gasteiger partial charge in [0.15, 0.2) is 5.75 Å². The van der Waals surface area contributed by atoms with Crippen molar-refractivity contribution in [2.75, 3.05) is 12.4 Å². The Hall–Kier alpha value is -2.80. The van der Waals surface area contributed by atoms with Crippen LogP contribution < -0.4 is 4.74 Å². The number of carbonyl (C=O) groups excluding carboxylic acids is 1. The molecule has 0 N–H and O–H groups in total. The number of pyridine rings is 1. The number of rotatable bonds is 4. The second-order valence-electron chi connectivity index (χ2n) is 5.89. The molecule has 3 heterocycles. The Morgan fingerprint density at radius 2 is 1.93 bits per heavy atom. The molecule has 3 aromatic rings. The highest BCUT2D eigenvalue weighted by molar-refractivity contribution is 7.99. The first-order valence-corrected chi connectivity index (χ1v) is 9.57. The summed E-state index contributed by atoms with van der Waals surface area (Å²) in [5.74, 6) is 1.03. The quantitative estimate of drug-likeness (QED) is 0.593. The van der Waals surface area contributed by atoms with Crippen molar-refractivity contribution in [3.05, 3.63) is 54.6 Å². The summed E-state index contributed by atoms with van der Waals surface area (Å²) in [5, 5.41) is 1.01. The predicted molar refractivity (Wildman–Crippen MR) is 101 cm³/mol. The fourth-order valence-electron chi connectivity index (χ4n) is 3.17. The van der Waals surface area contributed by atoms with Gasteiger partial charge in [-0.05, 0) is 48.9 Å². The molecule has 1 aromatic carbocycles. The van der Waals surface area contributed by atoms with Crippen molar-refractivity contribution in [3.8, 4) is 28.1 Å². The number of ether oxygens (including phenoxy) is 2. The molecule has 0 saturated heterocycles. The van der Waals surface area contributed by atoms with Gasteiger partial charge in [-0.2, -0.15) is 0 Å². The number of benzene rings is 1. The minimum atomic E-state index is -0.759. The topological polar surface area (TPSA) is 53.4 Å². The predicted octanol–water partition coefficient (Wildman–Crippen LogP) is 5.00. The smallest absolute Gasteiger partial charge is 0.434 e. The van der Waals surface area contributed by atoms with Crippen molar-refractivity contribution in [2.45, 2.75) is 18.5 Å². The number of hydrogen-bond donors (Lipinski definition) is 0. The van der Waals surface area contributed by atoms with Crippen molar-refractivity contribution >= 4 is 17.9 Å². The van der Waals surface area contributed by atoms with Gasteiger partial charge in [0.2, 0.25) is 0 Å². The van der Waals surface area contributed by atoms with E-state index in [1.54, 1.807) is 43.2 Å². The lowest BCUT2D eigenvalue weighted by Crippen LogP contribution is -2.11. The van der Waals surface area contributed by atoms with Crippen LogP contribution in [0, 0.1) is 5.82 Å². The molecule has 1 aliphatic rings. The van der Waals surface area contributed by atoms with Gasteiger partial charge in [-0.25, -0.2) is 9.18 Å². The SMILES string of the molecule is CCOC(=O)Oc1c(-c2ccncc2)c2n(c1-c1ccc(F)cc1)CCS2. The summed E-state index contributed by atoms with van der Waals surface area (Å²) in [7, 11) is 0. The lowest BCUT2D eigenvalue weighted by molar-refractivity contribution is 0.104. The third-order valence-electron chi connectivity index (χ3n) is 4.26. The van der Waals surface area contributed by atoms with Crippen LogP contribution in [0.2, 0.25) is 0 Å². The van der Waals surface area contributed by atoms with E-state index >= 15 is 0 Å². The highest BCUT2D eigenvalue weighted by Gasteiger charge is 2.31. The number of fused-ring (bicyclic) bond motifs is 1. The van der Waals surface area contributed by atoms with E-state index in [2.05, 4.69) is 9.55 Å². The molecule has 0 atom stereocenters. The monoisotopic (exact) mass is 384 g/mol. The van der Waals surface area contributed by atoms with E-state index in [-0.39, 0.29) is 12.4 Å². The molecule has 0 radical (unpaired) electrons. The molecule has 27 heavy (non-hydrogen) atoms. The fraction of sp³-hybridized carbons (Fsp3) is 0.200. The van der Waals surface area contributed by atoms with Crippen molar-refractivity contribution in [1.29, 1.82) is 0 Å². The molecular formula is C20H17FN2O3S. The summed E-state index contributed by atoms with van der Waals surface area (Å²) in [6, 6.07) is 9.93. The summed E-state index contributed by atoms with van der Waals surface area (Å²) < 4.78 is 26.2. The molecule has 0 spiro atoms. The standard InChI is InChI=1S/C20H17FN2O3S/c1-2-25-20(24)26-18-16(13-7-9-22-10-8-13)19-23(11-12-27-19)17(18)14-3-5-15(21)6-4-14/h3-10H,2,11-12H2,1H3. The van der Waals surface area contributed by atoms with E-state index in [4.69, 9.17) is 9.47 Å². The van der Waals surface area contributed by atoms with Crippen LogP contribution in [0.25, 0.3) is 22.4 Å². The Bertz CT molecular complexity index is 971. The van der Waals surface area contributed by atoms with Crippen molar-refractivity contribution in [1.82, 2.24) is 9.55 Å². The molecule has 138 valence electrons. The number of nitrogens with zero attached hydrogens (tertiary/aromatic N) is 2. The van der Waals surface area contributed by atoms with Gasteiger partial charge in [-0.1, -0.05) is 0 Å². The molecule has 0 fully saturated rings. The van der Waals surface area contributed by atoms with Gasteiger partial charge in [-0.15, -0.1) is 11.8 Å². The van der Waals surface area contributed by atoms with Crippen LogP contribution in [-0.4, -0.2) is 28.1 Å². The Labute approximate surface area is 160 Å². The van der Waals surface area contributed by atoms with Gasteiger partial charge in [0.05, 0.1) is 22.9 Å². The summed E-state index contributed by atoms with van der Waals surface area (Å²) >= 11 is 1.70. The highest BCUT2D eigenvalue weighted by atomic mass is 32.2. The Morgan fingerprint density at radius 1 is 1.19 bits per heavy atom. The maximum atomic E-state index is 13.4. The highest BCUT2D eigenvalue weighted by Crippen LogP contribution is 2.50. The average Bonchev–Trinajstić information content (AvgIpc) is 3.24. The van der Waals surface area contributed by atoms with E-state index in [1.807, 2.05) is 12.1 Å². The summed E-state index contributed by atoms with van der Waals surface area (Å²) in [4.78, 5) is 16.2. The molecule has 0 aliphatic carbocycles. The van der Waals surface area contributed by atoms with Crippen LogP contribution in [0.1, 0.15) is 6.92 Å². The fourth-order valence-corrected chi connectivity index (χ4v) is 4.33. The zero-order valence-corrected chi connectivity index (χ0v) is 15.5. The lowest BCUT2D eigenvalue weighted by atomic mass is 10.1. The van der Waals surface area contributed by atoms with E-state index in [0.29, 0.717) is 5.75 Å². The maximum Gasteiger partial charge on any atom is 0.513 e. The van der Waals surface area contributed by atoms with Crippen LogP contribution in [0.15, 0.2) is 53.8 Å². The molecule has 4 rings (SSSR count). The van der Waals surface area contributed by atoms with Crippen molar-refractivity contribution < 1.29 is 18.7 Å². The van der Waals surface area contributed by atoms with Crippen LogP contribution in [0.3, 0.4) is 0 Å². The summed E-state index contributed by atoms with van der Waals surface area (Å²) in [6.07, 6.45) is 2.64. The van der Waals surface area contributed by atoms with Gasteiger partial charge in [-0.3, -0.25) is 4.98 Å². The van der Waals surface area contributed by atoms with Crippen molar-refractivity contribution in [3.63, 3.8) is 0 Å². The number of aromatic nitrogens is 2. The average molecular weight is 384 g/mol. The van der Waals surface area contributed by atoms with Crippen LogP contribution in [-0.2, 0) is 11.3 Å². The van der Waals surface area contributed by atoms with Gasteiger partial charge >= 0.3 is 6.16 Å². The molecule has 0 bridgehead atoms. The van der Waals surface area contributed by atoms with Gasteiger partial charge < -0.3 is 14.0 Å². The Kier molecular flexibility index (Phi) is 4.85. The minimum absolute atomic E-state index is 0.220. The first-order valence-electron chi connectivity index (χ1n) is 8.59. The lowest BCUT2D eigenvalue weighted by Gasteiger charge is -2.11. The first-order chi connectivity index (χ1) is 13.2. The molecule has 0 amide bonds. The Morgan fingerprint density at radius 3 is 2.63 bits per heavy atom. The normalized spacial score (nSPS) is 12.7. The second kappa shape index (κ2) is 7.44. The maximum absolute atomic E-state index is 13.4. The molecule has 0 unspecified atom stereocenters. The molecule has 5 nitrogen and oxygen atoms in total. The van der Waals surface area contributed by atoms with Crippen LogP contribution >= 0.6 is 11.8 Å². The molecule has 7 heteroatoms. The van der Waals surface area contributed by atoms with E-state index in [0.717, 1.165) is 39.7 Å².